The van der Waals surface area contributed by atoms with Gasteiger partial charge in [-0.3, -0.25) is 0 Å². The zero-order valence-electron chi connectivity index (χ0n) is 13.3. The number of nitrogens with one attached hydrogen (secondary N) is 1. The number of ether oxygens (including phenoxy) is 1. The van der Waals surface area contributed by atoms with Crippen LogP contribution in [0.3, 0.4) is 0 Å². The summed E-state index contributed by atoms with van der Waals surface area (Å²) in [5.74, 6) is 0. The van der Waals surface area contributed by atoms with Crippen molar-refractivity contribution in [3.05, 3.63) is 35.9 Å². The van der Waals surface area contributed by atoms with Gasteiger partial charge in [-0.05, 0) is 38.2 Å². The van der Waals surface area contributed by atoms with Crippen molar-refractivity contribution in [3.8, 4) is 0 Å². The predicted molar refractivity (Wildman–Crippen MR) is 82.6 cm³/mol. The van der Waals surface area contributed by atoms with Gasteiger partial charge in [0.1, 0.15) is 0 Å². The molecule has 0 saturated carbocycles. The van der Waals surface area contributed by atoms with Gasteiger partial charge in [-0.25, -0.2) is 0 Å². The van der Waals surface area contributed by atoms with Crippen LogP contribution >= 0.6 is 0 Å². The SMILES string of the molecule is COC(C)(C)CNC(C)CC(C)(C)c1ccccc1. The Labute approximate surface area is 118 Å². The van der Waals surface area contributed by atoms with Crippen LogP contribution in [0.5, 0.6) is 0 Å². The topological polar surface area (TPSA) is 21.3 Å². The Morgan fingerprint density at radius 1 is 1.11 bits per heavy atom. The van der Waals surface area contributed by atoms with Crippen LogP contribution in [0.1, 0.15) is 46.6 Å². The highest BCUT2D eigenvalue weighted by molar-refractivity contribution is 5.23. The first-order valence-electron chi connectivity index (χ1n) is 7.11. The Bertz CT molecular complexity index is 370. The molecule has 0 bridgehead atoms. The zero-order valence-corrected chi connectivity index (χ0v) is 13.3. The van der Waals surface area contributed by atoms with E-state index in [1.54, 1.807) is 7.11 Å². The zero-order chi connectivity index (χ0) is 14.5. The highest BCUT2D eigenvalue weighted by atomic mass is 16.5. The molecule has 0 radical (unpaired) electrons. The van der Waals surface area contributed by atoms with E-state index < -0.39 is 0 Å². The quantitative estimate of drug-likeness (QED) is 0.809. The first-order valence-corrected chi connectivity index (χ1v) is 7.11. The van der Waals surface area contributed by atoms with Crippen molar-refractivity contribution >= 4 is 0 Å². The Morgan fingerprint density at radius 3 is 2.21 bits per heavy atom. The summed E-state index contributed by atoms with van der Waals surface area (Å²) in [7, 11) is 1.76. The van der Waals surface area contributed by atoms with Gasteiger partial charge in [0.25, 0.3) is 0 Å². The molecule has 108 valence electrons. The molecule has 1 unspecified atom stereocenters. The smallest absolute Gasteiger partial charge is 0.0746 e. The number of benzene rings is 1. The van der Waals surface area contributed by atoms with Crippen molar-refractivity contribution in [3.63, 3.8) is 0 Å². The third-order valence-electron chi connectivity index (χ3n) is 3.80. The van der Waals surface area contributed by atoms with Crippen molar-refractivity contribution < 1.29 is 4.74 Å². The maximum atomic E-state index is 5.44. The van der Waals surface area contributed by atoms with E-state index in [1.165, 1.54) is 5.56 Å². The molecule has 0 aromatic heterocycles. The van der Waals surface area contributed by atoms with Crippen LogP contribution in [0.4, 0.5) is 0 Å². The standard InChI is InChI=1S/C17H29NO/c1-14(18-13-17(4,5)19-6)12-16(2,3)15-10-8-7-9-11-15/h7-11,14,18H,12-13H2,1-6H3. The van der Waals surface area contributed by atoms with E-state index in [2.05, 4.69) is 70.3 Å². The lowest BCUT2D eigenvalue weighted by atomic mass is 9.79. The van der Waals surface area contributed by atoms with Crippen LogP contribution in [0.2, 0.25) is 0 Å². The molecule has 0 aliphatic rings. The van der Waals surface area contributed by atoms with E-state index in [1.807, 2.05) is 0 Å². The van der Waals surface area contributed by atoms with Gasteiger partial charge in [0, 0.05) is 19.7 Å². The summed E-state index contributed by atoms with van der Waals surface area (Å²) >= 11 is 0. The second kappa shape index (κ2) is 6.53. The van der Waals surface area contributed by atoms with Gasteiger partial charge in [0.05, 0.1) is 5.60 Å². The molecule has 0 amide bonds. The summed E-state index contributed by atoms with van der Waals surface area (Å²) in [5, 5.41) is 3.57. The molecule has 0 aliphatic carbocycles. The fourth-order valence-corrected chi connectivity index (χ4v) is 2.34. The van der Waals surface area contributed by atoms with E-state index >= 15 is 0 Å². The normalized spacial score (nSPS) is 14.4. The van der Waals surface area contributed by atoms with Crippen molar-refractivity contribution in [2.75, 3.05) is 13.7 Å². The summed E-state index contributed by atoms with van der Waals surface area (Å²) in [6.45, 7) is 11.9. The maximum Gasteiger partial charge on any atom is 0.0746 e. The van der Waals surface area contributed by atoms with Crippen molar-refractivity contribution in [2.45, 2.75) is 58.1 Å². The van der Waals surface area contributed by atoms with Gasteiger partial charge in [0.2, 0.25) is 0 Å². The van der Waals surface area contributed by atoms with Crippen LogP contribution < -0.4 is 5.32 Å². The lowest BCUT2D eigenvalue weighted by molar-refractivity contribution is 0.0208. The van der Waals surface area contributed by atoms with Gasteiger partial charge in [0.15, 0.2) is 0 Å². The van der Waals surface area contributed by atoms with Crippen LogP contribution in [0.25, 0.3) is 0 Å². The fraction of sp³-hybridized carbons (Fsp3) is 0.647. The van der Waals surface area contributed by atoms with Crippen LogP contribution in [0.15, 0.2) is 30.3 Å². The van der Waals surface area contributed by atoms with Crippen molar-refractivity contribution in [1.82, 2.24) is 5.32 Å². The average molecular weight is 263 g/mol. The third-order valence-corrected chi connectivity index (χ3v) is 3.80. The Morgan fingerprint density at radius 2 is 1.68 bits per heavy atom. The first-order chi connectivity index (χ1) is 8.77. The molecule has 1 rings (SSSR count). The van der Waals surface area contributed by atoms with E-state index in [4.69, 9.17) is 4.74 Å². The number of hydrogen-bond donors (Lipinski definition) is 1. The molecule has 1 aromatic rings. The van der Waals surface area contributed by atoms with E-state index in [0.717, 1.165) is 13.0 Å². The number of hydrogen-bond acceptors (Lipinski definition) is 2. The molecular weight excluding hydrogens is 234 g/mol. The second-order valence-corrected chi connectivity index (χ2v) is 6.70. The lowest BCUT2D eigenvalue weighted by Crippen LogP contribution is -2.42. The molecule has 1 atom stereocenters. The van der Waals surface area contributed by atoms with Gasteiger partial charge >= 0.3 is 0 Å². The largest absolute Gasteiger partial charge is 0.377 e. The van der Waals surface area contributed by atoms with E-state index in [9.17, 15) is 0 Å². The van der Waals surface area contributed by atoms with Crippen LogP contribution in [-0.2, 0) is 10.2 Å². The molecule has 1 aromatic carbocycles. The Hall–Kier alpha value is -0.860. The van der Waals surface area contributed by atoms with Gasteiger partial charge in [-0.15, -0.1) is 0 Å². The van der Waals surface area contributed by atoms with Gasteiger partial charge in [-0.2, -0.15) is 0 Å². The molecule has 19 heavy (non-hydrogen) atoms. The monoisotopic (exact) mass is 263 g/mol. The molecule has 0 saturated heterocycles. The molecule has 1 N–H and O–H groups in total. The fourth-order valence-electron chi connectivity index (χ4n) is 2.34. The number of rotatable bonds is 7. The molecule has 0 heterocycles. The van der Waals surface area contributed by atoms with E-state index in [-0.39, 0.29) is 11.0 Å². The maximum absolute atomic E-state index is 5.44. The second-order valence-electron chi connectivity index (χ2n) is 6.70. The predicted octanol–water partition coefficient (Wildman–Crippen LogP) is 3.76. The van der Waals surface area contributed by atoms with Gasteiger partial charge < -0.3 is 10.1 Å². The highest BCUT2D eigenvalue weighted by Crippen LogP contribution is 2.28. The summed E-state index contributed by atoms with van der Waals surface area (Å²) in [6, 6.07) is 11.2. The third kappa shape index (κ3) is 5.33. The molecule has 0 spiro atoms. The molecule has 0 aliphatic heterocycles. The Kier molecular flexibility index (Phi) is 5.57. The van der Waals surface area contributed by atoms with Crippen LogP contribution in [-0.4, -0.2) is 25.3 Å². The number of methoxy groups -OCH3 is 1. The van der Waals surface area contributed by atoms with E-state index in [0.29, 0.717) is 6.04 Å². The highest BCUT2D eigenvalue weighted by Gasteiger charge is 2.24. The molecular formula is C17H29NO. The molecule has 2 heteroatoms. The summed E-state index contributed by atoms with van der Waals surface area (Å²) in [6.07, 6.45) is 1.11. The van der Waals surface area contributed by atoms with Crippen LogP contribution in [0, 0.1) is 0 Å². The minimum absolute atomic E-state index is 0.106. The summed E-state index contributed by atoms with van der Waals surface area (Å²) < 4.78 is 5.44. The first kappa shape index (κ1) is 16.2. The lowest BCUT2D eigenvalue weighted by Gasteiger charge is -2.31. The Balaban J connectivity index is 2.54. The molecule has 0 fully saturated rings. The summed E-state index contributed by atoms with van der Waals surface area (Å²) in [4.78, 5) is 0. The minimum atomic E-state index is -0.106. The van der Waals surface area contributed by atoms with Gasteiger partial charge in [-0.1, -0.05) is 44.2 Å². The summed E-state index contributed by atoms with van der Waals surface area (Å²) in [5.41, 5.74) is 1.48. The minimum Gasteiger partial charge on any atom is -0.377 e. The average Bonchev–Trinajstić information content (AvgIpc) is 2.37. The van der Waals surface area contributed by atoms with Crippen molar-refractivity contribution in [1.29, 1.82) is 0 Å². The van der Waals surface area contributed by atoms with Crippen molar-refractivity contribution in [2.24, 2.45) is 0 Å². The molecule has 2 nitrogen and oxygen atoms in total.